The molecule has 5 saturated heterocycles. The molecule has 15 aromatic rings. The van der Waals surface area contributed by atoms with Gasteiger partial charge in [-0.2, -0.15) is 10.2 Å². The topological polar surface area (TPSA) is 264 Å². The van der Waals surface area contributed by atoms with Crippen LogP contribution in [0.2, 0.25) is 0 Å². The van der Waals surface area contributed by atoms with Gasteiger partial charge in [0.05, 0.1) is 121 Å². The first kappa shape index (κ1) is 79.1. The molecule has 0 spiro atoms. The predicted octanol–water partition coefficient (Wildman–Crippen LogP) is 10.1. The number of nitrogens with one attached hydrogen (secondary N) is 1. The van der Waals surface area contributed by atoms with Gasteiger partial charge in [-0.1, -0.05) is 6.07 Å². The van der Waals surface area contributed by atoms with Crippen LogP contribution in [0.15, 0.2) is 172 Å². The fraction of sp³-hybridized carbons (Fsp3) is 0.360. The second kappa shape index (κ2) is 32.5. The minimum absolute atomic E-state index is 0.0587. The van der Waals surface area contributed by atoms with E-state index in [4.69, 9.17) is 29.4 Å². The Balaban J connectivity index is 0.000000114. The molecule has 0 amide bonds. The molecule has 5 aliphatic rings. The van der Waals surface area contributed by atoms with E-state index in [2.05, 4.69) is 131 Å². The first-order valence-corrected chi connectivity index (χ1v) is 41.4. The number of pyridine rings is 4. The Morgan fingerprint density at radius 2 is 0.882 bits per heavy atom. The molecule has 5 atom stereocenters. The molecular formula is C89H99N23O6S. The van der Waals surface area contributed by atoms with Gasteiger partial charge in [-0.3, -0.25) is 51.6 Å². The highest BCUT2D eigenvalue weighted by Gasteiger charge is 2.37. The van der Waals surface area contributed by atoms with Crippen LogP contribution >= 0.6 is 11.3 Å². The second-order valence-electron chi connectivity index (χ2n) is 32.4. The molecule has 0 aliphatic carbocycles. The average Bonchev–Trinajstić information content (AvgIpc) is 1.75. The maximum atomic E-state index is 13.0. The standard InChI is InChI=1S/C23H27N7O.C23H26N4O3.C22H25N7O.C21H21N5OS/c1-14-10-30-21(17(4)24-14)8-20(26-30)19-9-23(31)29-13-18(6-7-22(29)25-19)28-11-15(2)27(5)16(3)12-28;1-14-6-18(26-11-16-9-24-10-17(16)12-26)13-27-22(28)8-19(25-23(14)27)15-4-5-20(29-2)21(7-15)30-3;1-14-11-29-20(16(3)23-14)9-19(25-29)18-10-22(30)28-13-17(5-6-21(28)24-18)27-8-7-26(4)15(2)12-27;1-14-22-17-5-3-15(11-19(17)28-14)18-12-21(27)26-13-16(4-6-20(26)23-18)25-9-7-24(2)8-10-25/h6-10,13,15-16H,11-12H2,1-5H3;4-8,13,16-17,24H,9-12H2,1-3H3;5-6,9-11,13,15H,7-8,12H2,1-4H3;3-6,11-13H,7-10H2,1-2H3/t15-,16+;16-,17+;15-;/m..0./s1. The molecule has 5 aliphatic heterocycles. The molecule has 0 saturated carbocycles. The van der Waals surface area contributed by atoms with Crippen molar-refractivity contribution in [2.75, 3.05) is 140 Å². The van der Waals surface area contributed by atoms with E-state index in [9.17, 15) is 19.2 Å². The van der Waals surface area contributed by atoms with Gasteiger partial charge in [0.25, 0.3) is 22.2 Å². The van der Waals surface area contributed by atoms with Crippen LogP contribution in [0.1, 0.15) is 54.1 Å². The van der Waals surface area contributed by atoms with E-state index in [1.165, 1.54) is 0 Å². The number of anilines is 4. The number of fused-ring (bicyclic) bond motifs is 8. The molecule has 0 unspecified atom stereocenters. The zero-order chi connectivity index (χ0) is 82.9. The van der Waals surface area contributed by atoms with Crippen molar-refractivity contribution in [3.63, 3.8) is 0 Å². The summed E-state index contributed by atoms with van der Waals surface area (Å²) in [6.07, 6.45) is 11.4. The van der Waals surface area contributed by atoms with Crippen molar-refractivity contribution in [1.29, 1.82) is 0 Å². The van der Waals surface area contributed by atoms with Crippen LogP contribution in [-0.4, -0.2) is 225 Å². The fourth-order valence-corrected chi connectivity index (χ4v) is 17.8. The molecular weight excluding hydrogens is 1520 g/mol. The van der Waals surface area contributed by atoms with Crippen LogP contribution in [0, 0.1) is 53.4 Å². The number of rotatable bonds is 10. The first-order chi connectivity index (χ1) is 57.3. The molecule has 0 radical (unpaired) electrons. The summed E-state index contributed by atoms with van der Waals surface area (Å²) in [5.74, 6) is 2.65. The van der Waals surface area contributed by atoms with Gasteiger partial charge in [0.15, 0.2) is 11.5 Å². The molecule has 20 rings (SSSR count). The maximum absolute atomic E-state index is 13.0. The summed E-state index contributed by atoms with van der Waals surface area (Å²) in [7, 11) is 9.65. The Bertz CT molecular complexity index is 6660. The molecule has 0 bridgehead atoms. The zero-order valence-corrected chi connectivity index (χ0v) is 70.5. The van der Waals surface area contributed by atoms with Crippen molar-refractivity contribution in [1.82, 2.24) is 91.7 Å². The summed E-state index contributed by atoms with van der Waals surface area (Å²) in [5, 5.41) is 13.7. The van der Waals surface area contributed by atoms with E-state index in [-0.39, 0.29) is 22.2 Å². The first-order valence-electron chi connectivity index (χ1n) is 40.6. The molecule has 612 valence electrons. The van der Waals surface area contributed by atoms with Crippen molar-refractivity contribution >= 4 is 77.9 Å². The van der Waals surface area contributed by atoms with Crippen molar-refractivity contribution in [3.8, 4) is 56.8 Å². The molecule has 2 aromatic carbocycles. The molecule has 5 fully saturated rings. The van der Waals surface area contributed by atoms with Crippen molar-refractivity contribution in [2.24, 2.45) is 11.8 Å². The zero-order valence-electron chi connectivity index (χ0n) is 69.7. The van der Waals surface area contributed by atoms with Gasteiger partial charge in [-0.05, 0) is 186 Å². The van der Waals surface area contributed by atoms with Gasteiger partial charge in [-0.25, -0.2) is 34.0 Å². The molecule has 30 heteroatoms. The van der Waals surface area contributed by atoms with E-state index in [0.29, 0.717) is 98.2 Å². The number of nitrogens with zero attached hydrogens (tertiary/aromatic N) is 22. The molecule has 18 heterocycles. The molecule has 119 heavy (non-hydrogen) atoms. The van der Waals surface area contributed by atoms with Crippen LogP contribution in [0.5, 0.6) is 11.5 Å². The third kappa shape index (κ3) is 16.1. The van der Waals surface area contributed by atoms with E-state index in [1.807, 2.05) is 145 Å². The summed E-state index contributed by atoms with van der Waals surface area (Å²) in [6, 6.07) is 37.2. The van der Waals surface area contributed by atoms with Crippen LogP contribution in [0.4, 0.5) is 22.7 Å². The van der Waals surface area contributed by atoms with E-state index in [1.54, 1.807) is 76.5 Å². The number of aryl methyl sites for hydroxylation is 6. The van der Waals surface area contributed by atoms with Crippen molar-refractivity contribution in [2.45, 2.75) is 80.4 Å². The third-order valence-corrected chi connectivity index (χ3v) is 25.0. The van der Waals surface area contributed by atoms with Crippen LogP contribution in [-0.2, 0) is 0 Å². The number of hydrogen-bond acceptors (Lipinski definition) is 24. The largest absolute Gasteiger partial charge is 0.493 e. The summed E-state index contributed by atoms with van der Waals surface area (Å²) >= 11 is 1.66. The smallest absolute Gasteiger partial charge is 0.258 e. The molecule has 13 aromatic heterocycles. The lowest BCUT2D eigenvalue weighted by Crippen LogP contribution is -2.55. The lowest BCUT2D eigenvalue weighted by Gasteiger charge is -2.43. The summed E-state index contributed by atoms with van der Waals surface area (Å²) in [4.78, 5) is 101. The van der Waals surface area contributed by atoms with Gasteiger partial charge < -0.3 is 44.2 Å². The number of benzene rings is 2. The van der Waals surface area contributed by atoms with Crippen LogP contribution in [0.25, 0.3) is 89.1 Å². The second-order valence-corrected chi connectivity index (χ2v) is 33.6. The summed E-state index contributed by atoms with van der Waals surface area (Å²) in [5.41, 5.74) is 19.4. The molecule has 29 nitrogen and oxygen atoms in total. The van der Waals surface area contributed by atoms with Crippen LogP contribution in [0.3, 0.4) is 0 Å². The van der Waals surface area contributed by atoms with Crippen molar-refractivity contribution in [3.05, 3.63) is 227 Å². The van der Waals surface area contributed by atoms with Gasteiger partial charge in [0.1, 0.15) is 34.0 Å². The molecule has 1 N–H and O–H groups in total. The Morgan fingerprint density at radius 3 is 1.44 bits per heavy atom. The Labute approximate surface area is 691 Å². The van der Waals surface area contributed by atoms with Gasteiger partial charge in [-0.15, -0.1) is 11.3 Å². The lowest BCUT2D eigenvalue weighted by molar-refractivity contribution is 0.170. The minimum Gasteiger partial charge on any atom is -0.493 e. The van der Waals surface area contributed by atoms with E-state index in [0.717, 1.165) is 174 Å². The average molecular weight is 1620 g/mol. The third-order valence-electron chi connectivity index (χ3n) is 24.0. The van der Waals surface area contributed by atoms with Gasteiger partial charge >= 0.3 is 0 Å². The van der Waals surface area contributed by atoms with Crippen LogP contribution < -0.4 is 56.6 Å². The number of likely N-dealkylation sites (N-methyl/N-ethyl adjacent to an activating group) is 3. The van der Waals surface area contributed by atoms with Gasteiger partial charge in [0, 0.05) is 163 Å². The normalized spacial score (nSPS) is 18.6. The minimum atomic E-state index is -0.111. The lowest BCUT2D eigenvalue weighted by atomic mass is 10.0. The number of thiazole rings is 1. The predicted molar refractivity (Wildman–Crippen MR) is 470 cm³/mol. The summed E-state index contributed by atoms with van der Waals surface area (Å²) < 4.78 is 22.0. The highest BCUT2D eigenvalue weighted by atomic mass is 32.1. The number of methoxy groups -OCH3 is 2. The highest BCUT2D eigenvalue weighted by molar-refractivity contribution is 7.18. The number of aromatic nitrogens is 15. The quantitative estimate of drug-likeness (QED) is 0.133. The Morgan fingerprint density at radius 1 is 0.412 bits per heavy atom. The Hall–Kier alpha value is -12.4. The Kier molecular flexibility index (Phi) is 21.6. The number of piperazine rings is 3. The SMILES string of the molecule is COc1ccc(-c2cc(=O)n3cc(N4C[C@H]5CNC[C@H]5C4)cc(C)c3n2)cc1OC.Cc1cn2nc(-c3cc(=O)n4cc(N5CCN(C)[C@@H](C)C5)ccc4n3)cc2c(C)n1.Cc1cn2nc(-c3cc(=O)n4cc(N5C[C@@H](C)N(C)[C@@H](C)C5)ccc4n3)cc2c(C)n1.Cc1nc2ccc(-c3cc(=O)n4cc(N5CCN(C)CC5)ccc4n3)cc2s1. The number of ether oxygens (including phenoxy) is 2. The maximum Gasteiger partial charge on any atom is 0.258 e. The van der Waals surface area contributed by atoms with E-state index >= 15 is 0 Å². The van der Waals surface area contributed by atoms with Gasteiger partial charge in [0.2, 0.25) is 0 Å². The van der Waals surface area contributed by atoms with E-state index < -0.39 is 0 Å². The summed E-state index contributed by atoms with van der Waals surface area (Å²) in [6.45, 7) is 31.5. The fourth-order valence-electron chi connectivity index (χ4n) is 17.0. The number of hydrogen-bond donors (Lipinski definition) is 1. The monoisotopic (exact) mass is 1620 g/mol. The van der Waals surface area contributed by atoms with Crippen molar-refractivity contribution < 1.29 is 9.47 Å². The highest BCUT2D eigenvalue weighted by Crippen LogP contribution is 2.36.